The molecule has 0 aliphatic heterocycles. The van der Waals surface area contributed by atoms with Crippen molar-refractivity contribution in [1.29, 1.82) is 0 Å². The highest BCUT2D eigenvalue weighted by Crippen LogP contribution is 2.37. The van der Waals surface area contributed by atoms with Crippen LogP contribution in [0.5, 0.6) is 0 Å². The summed E-state index contributed by atoms with van der Waals surface area (Å²) in [6.07, 6.45) is 11.6. The lowest BCUT2D eigenvalue weighted by molar-refractivity contribution is 0.287. The Hall–Kier alpha value is -1.04. The molecule has 0 amide bonds. The number of hydrogen-bond acceptors (Lipinski definition) is 0. The number of allylic oxidation sites excluding steroid dienone is 1. The SMILES string of the molecule is CC1(/C=C\c2ccccc2)CCCCC1. The summed E-state index contributed by atoms with van der Waals surface area (Å²) >= 11 is 0. The van der Waals surface area contributed by atoms with E-state index in [-0.39, 0.29) is 0 Å². The van der Waals surface area contributed by atoms with Crippen LogP contribution in [0.1, 0.15) is 44.6 Å². The monoisotopic (exact) mass is 200 g/mol. The van der Waals surface area contributed by atoms with Gasteiger partial charge in [-0.25, -0.2) is 0 Å². The Bertz CT molecular complexity index is 315. The lowest BCUT2D eigenvalue weighted by atomic mass is 9.75. The van der Waals surface area contributed by atoms with Crippen molar-refractivity contribution < 1.29 is 0 Å². The number of benzene rings is 1. The highest BCUT2D eigenvalue weighted by atomic mass is 14.3. The molecular formula is C15H20. The minimum absolute atomic E-state index is 0.452. The third kappa shape index (κ3) is 2.95. The smallest absolute Gasteiger partial charge is 0.0143 e. The van der Waals surface area contributed by atoms with Crippen molar-refractivity contribution >= 4 is 6.08 Å². The van der Waals surface area contributed by atoms with E-state index in [2.05, 4.69) is 49.4 Å². The molecular weight excluding hydrogens is 180 g/mol. The van der Waals surface area contributed by atoms with Crippen molar-refractivity contribution in [3.63, 3.8) is 0 Å². The van der Waals surface area contributed by atoms with Crippen molar-refractivity contribution in [2.24, 2.45) is 5.41 Å². The van der Waals surface area contributed by atoms with Crippen LogP contribution in [0.15, 0.2) is 36.4 Å². The van der Waals surface area contributed by atoms with Crippen LogP contribution < -0.4 is 0 Å². The Kier molecular flexibility index (Phi) is 3.25. The minimum Gasteiger partial charge on any atom is -0.0780 e. The highest BCUT2D eigenvalue weighted by molar-refractivity contribution is 5.49. The number of rotatable bonds is 2. The zero-order valence-electron chi connectivity index (χ0n) is 9.58. The maximum atomic E-state index is 2.42. The van der Waals surface area contributed by atoms with E-state index >= 15 is 0 Å². The molecule has 0 heterocycles. The topological polar surface area (TPSA) is 0 Å². The molecule has 1 fully saturated rings. The average Bonchev–Trinajstić information content (AvgIpc) is 2.29. The van der Waals surface area contributed by atoms with E-state index in [1.54, 1.807) is 0 Å². The van der Waals surface area contributed by atoms with Gasteiger partial charge >= 0.3 is 0 Å². The van der Waals surface area contributed by atoms with Crippen molar-refractivity contribution in [2.75, 3.05) is 0 Å². The van der Waals surface area contributed by atoms with Crippen LogP contribution >= 0.6 is 0 Å². The second-order valence-corrected chi connectivity index (χ2v) is 4.96. The molecule has 1 aliphatic rings. The van der Waals surface area contributed by atoms with E-state index in [1.165, 1.54) is 37.7 Å². The summed E-state index contributed by atoms with van der Waals surface area (Å²) < 4.78 is 0. The quantitative estimate of drug-likeness (QED) is 0.650. The molecule has 0 bridgehead atoms. The molecule has 0 unspecified atom stereocenters. The van der Waals surface area contributed by atoms with Gasteiger partial charge in [0, 0.05) is 0 Å². The number of hydrogen-bond donors (Lipinski definition) is 0. The van der Waals surface area contributed by atoms with E-state index in [0.29, 0.717) is 5.41 Å². The molecule has 0 heteroatoms. The lowest BCUT2D eigenvalue weighted by Crippen LogP contribution is -2.16. The average molecular weight is 200 g/mol. The standard InChI is InChI=1S/C15H20/c1-15(11-6-3-7-12-15)13-10-14-8-4-2-5-9-14/h2,4-5,8-10,13H,3,6-7,11-12H2,1H3/b13-10-. The lowest BCUT2D eigenvalue weighted by Gasteiger charge is -2.30. The predicted molar refractivity (Wildman–Crippen MR) is 66.7 cm³/mol. The highest BCUT2D eigenvalue weighted by Gasteiger charge is 2.23. The van der Waals surface area contributed by atoms with Crippen LogP contribution in [0.3, 0.4) is 0 Å². The van der Waals surface area contributed by atoms with Gasteiger partial charge < -0.3 is 0 Å². The van der Waals surface area contributed by atoms with Gasteiger partial charge in [-0.3, -0.25) is 0 Å². The molecule has 0 spiro atoms. The first-order valence-electron chi connectivity index (χ1n) is 6.03. The van der Waals surface area contributed by atoms with Gasteiger partial charge in [0.15, 0.2) is 0 Å². The fourth-order valence-electron chi connectivity index (χ4n) is 2.39. The van der Waals surface area contributed by atoms with Gasteiger partial charge in [-0.1, -0.05) is 68.7 Å². The fourth-order valence-corrected chi connectivity index (χ4v) is 2.39. The molecule has 1 aliphatic carbocycles. The maximum absolute atomic E-state index is 2.42. The Labute approximate surface area is 93.0 Å². The van der Waals surface area contributed by atoms with Gasteiger partial charge in [0.05, 0.1) is 0 Å². The van der Waals surface area contributed by atoms with Crippen LogP contribution in [0.25, 0.3) is 6.08 Å². The van der Waals surface area contributed by atoms with Gasteiger partial charge in [-0.15, -0.1) is 0 Å². The summed E-state index contributed by atoms with van der Waals surface area (Å²) in [6, 6.07) is 10.6. The predicted octanol–water partition coefficient (Wildman–Crippen LogP) is 4.67. The van der Waals surface area contributed by atoms with Gasteiger partial charge in [0.25, 0.3) is 0 Å². The molecule has 80 valence electrons. The van der Waals surface area contributed by atoms with E-state index in [0.717, 1.165) is 0 Å². The molecule has 0 atom stereocenters. The van der Waals surface area contributed by atoms with Crippen LogP contribution in [0.2, 0.25) is 0 Å². The largest absolute Gasteiger partial charge is 0.0780 e. The first-order chi connectivity index (χ1) is 7.29. The van der Waals surface area contributed by atoms with Crippen LogP contribution in [-0.4, -0.2) is 0 Å². The van der Waals surface area contributed by atoms with Crippen molar-refractivity contribution in [2.45, 2.75) is 39.0 Å². The van der Waals surface area contributed by atoms with Gasteiger partial charge in [-0.2, -0.15) is 0 Å². The summed E-state index contributed by atoms with van der Waals surface area (Å²) in [6.45, 7) is 2.39. The molecule has 1 aromatic rings. The second-order valence-electron chi connectivity index (χ2n) is 4.96. The molecule has 0 aromatic heterocycles. The van der Waals surface area contributed by atoms with Crippen LogP contribution in [0, 0.1) is 5.41 Å². The zero-order valence-corrected chi connectivity index (χ0v) is 9.58. The fraction of sp³-hybridized carbons (Fsp3) is 0.467. The van der Waals surface area contributed by atoms with Gasteiger partial charge in [0.1, 0.15) is 0 Å². The summed E-state index contributed by atoms with van der Waals surface area (Å²) in [4.78, 5) is 0. The Morgan fingerprint density at radius 1 is 1.00 bits per heavy atom. The molecule has 0 N–H and O–H groups in total. The third-order valence-corrected chi connectivity index (χ3v) is 3.47. The Morgan fingerprint density at radius 3 is 2.33 bits per heavy atom. The minimum atomic E-state index is 0.452. The van der Waals surface area contributed by atoms with Gasteiger partial charge in [-0.05, 0) is 23.8 Å². The van der Waals surface area contributed by atoms with Gasteiger partial charge in [0.2, 0.25) is 0 Å². The summed E-state index contributed by atoms with van der Waals surface area (Å²) in [5, 5.41) is 0. The zero-order chi connectivity index (χ0) is 10.6. The molecule has 2 rings (SSSR count). The Balaban J connectivity index is 2.04. The molecule has 1 aromatic carbocycles. The van der Waals surface area contributed by atoms with E-state index in [4.69, 9.17) is 0 Å². The normalized spacial score (nSPS) is 20.6. The summed E-state index contributed by atoms with van der Waals surface area (Å²) in [7, 11) is 0. The van der Waals surface area contributed by atoms with E-state index in [9.17, 15) is 0 Å². The Morgan fingerprint density at radius 2 is 1.67 bits per heavy atom. The van der Waals surface area contributed by atoms with Crippen LogP contribution in [-0.2, 0) is 0 Å². The molecule has 0 radical (unpaired) electrons. The van der Waals surface area contributed by atoms with Crippen molar-refractivity contribution in [3.8, 4) is 0 Å². The van der Waals surface area contributed by atoms with Crippen molar-refractivity contribution in [3.05, 3.63) is 42.0 Å². The first kappa shape index (κ1) is 10.5. The molecule has 0 saturated heterocycles. The molecule has 0 nitrogen and oxygen atoms in total. The molecule has 1 saturated carbocycles. The van der Waals surface area contributed by atoms with Crippen LogP contribution in [0.4, 0.5) is 0 Å². The molecule has 15 heavy (non-hydrogen) atoms. The third-order valence-electron chi connectivity index (χ3n) is 3.47. The summed E-state index contributed by atoms with van der Waals surface area (Å²) in [5.74, 6) is 0. The summed E-state index contributed by atoms with van der Waals surface area (Å²) in [5.41, 5.74) is 1.78. The van der Waals surface area contributed by atoms with E-state index in [1.807, 2.05) is 0 Å². The van der Waals surface area contributed by atoms with E-state index < -0.39 is 0 Å². The van der Waals surface area contributed by atoms with Crippen molar-refractivity contribution in [1.82, 2.24) is 0 Å². The second kappa shape index (κ2) is 4.65. The first-order valence-corrected chi connectivity index (χ1v) is 6.03. The maximum Gasteiger partial charge on any atom is -0.0143 e.